The van der Waals surface area contributed by atoms with Gasteiger partial charge in [0.25, 0.3) is 5.91 Å². The van der Waals surface area contributed by atoms with Gasteiger partial charge in [-0.15, -0.1) is 0 Å². The zero-order valence-corrected chi connectivity index (χ0v) is 13.8. The van der Waals surface area contributed by atoms with E-state index in [4.69, 9.17) is 0 Å². The Morgan fingerprint density at radius 2 is 2.16 bits per heavy atom. The predicted octanol–water partition coefficient (Wildman–Crippen LogP) is 2.18. The Labute approximate surface area is 144 Å². The largest absolute Gasteiger partial charge is 0.336 e. The van der Waals surface area contributed by atoms with Crippen LogP contribution in [0.15, 0.2) is 35.4 Å². The number of hydrogen-bond acceptors (Lipinski definition) is 6. The Bertz CT molecular complexity index is 872. The fraction of sp³-hybridized carbons (Fsp3) is 0.353. The van der Waals surface area contributed by atoms with Crippen LogP contribution in [0.5, 0.6) is 0 Å². The Kier molecular flexibility index (Phi) is 4.01. The highest BCUT2D eigenvalue weighted by molar-refractivity contribution is 5.93. The van der Waals surface area contributed by atoms with Gasteiger partial charge < -0.3 is 4.90 Å². The van der Waals surface area contributed by atoms with E-state index in [1.807, 2.05) is 23.2 Å². The molecule has 0 radical (unpaired) electrons. The Hall–Kier alpha value is -3.03. The summed E-state index contributed by atoms with van der Waals surface area (Å²) < 4.78 is 4.66. The van der Waals surface area contributed by atoms with Crippen molar-refractivity contribution in [3.63, 3.8) is 0 Å². The maximum atomic E-state index is 12.7. The van der Waals surface area contributed by atoms with Crippen molar-refractivity contribution in [2.45, 2.75) is 25.7 Å². The molecule has 128 valence electrons. The van der Waals surface area contributed by atoms with Gasteiger partial charge in [-0.25, -0.2) is 4.63 Å². The number of nitrogens with one attached hydrogen (secondary N) is 1. The van der Waals surface area contributed by atoms with Gasteiger partial charge >= 0.3 is 0 Å². The summed E-state index contributed by atoms with van der Waals surface area (Å²) in [5.41, 5.74) is 3.99. The van der Waals surface area contributed by atoms with Crippen LogP contribution in [0.25, 0.3) is 11.1 Å². The number of hydrogen-bond donors (Lipinski definition) is 1. The summed E-state index contributed by atoms with van der Waals surface area (Å²) in [5, 5.41) is 14.8. The van der Waals surface area contributed by atoms with Gasteiger partial charge in [-0.05, 0) is 42.6 Å². The third-order valence-corrected chi connectivity index (χ3v) is 4.63. The number of carbonyl (C=O) groups is 1. The number of H-pyrrole nitrogens is 1. The molecule has 1 saturated heterocycles. The van der Waals surface area contributed by atoms with Crippen molar-refractivity contribution < 1.29 is 9.42 Å². The van der Waals surface area contributed by atoms with Crippen molar-refractivity contribution in [3.8, 4) is 11.1 Å². The van der Waals surface area contributed by atoms with E-state index in [1.54, 1.807) is 19.3 Å². The summed E-state index contributed by atoms with van der Waals surface area (Å²) in [6, 6.07) is 3.93. The zero-order valence-electron chi connectivity index (χ0n) is 13.8. The molecule has 0 unspecified atom stereocenters. The highest BCUT2D eigenvalue weighted by atomic mass is 16.6. The minimum atomic E-state index is -0.131. The van der Waals surface area contributed by atoms with E-state index >= 15 is 0 Å². The molecule has 0 saturated carbocycles. The maximum absolute atomic E-state index is 12.7. The van der Waals surface area contributed by atoms with Gasteiger partial charge in [0.2, 0.25) is 0 Å². The third-order valence-electron chi connectivity index (χ3n) is 4.63. The Morgan fingerprint density at radius 3 is 2.92 bits per heavy atom. The van der Waals surface area contributed by atoms with E-state index in [0.29, 0.717) is 24.5 Å². The molecule has 1 N–H and O–H groups in total. The molecular formula is C17H18N6O2. The van der Waals surface area contributed by atoms with E-state index in [0.717, 1.165) is 29.7 Å². The minimum Gasteiger partial charge on any atom is -0.336 e. The summed E-state index contributed by atoms with van der Waals surface area (Å²) in [5.74, 6) is 0.0666. The lowest BCUT2D eigenvalue weighted by molar-refractivity contribution is 0.0694. The molecule has 8 heteroatoms. The molecular weight excluding hydrogens is 320 g/mol. The number of carbonyl (C=O) groups excluding carboxylic acids is 1. The lowest BCUT2D eigenvalue weighted by Crippen LogP contribution is -2.39. The molecule has 0 aromatic carbocycles. The number of nitrogens with zero attached hydrogens (tertiary/aromatic N) is 5. The molecule has 4 rings (SSSR count). The van der Waals surface area contributed by atoms with Crippen LogP contribution >= 0.6 is 0 Å². The van der Waals surface area contributed by atoms with E-state index in [1.165, 1.54) is 0 Å². The topological polar surface area (TPSA) is 101 Å². The standard InChI is InChI=1S/C17H18N6O2/c1-11-15(22-25-21-11)17(24)23-8-2-3-13(10-23)16-14(9-19-20-16)12-4-6-18-7-5-12/h4-7,9,13H,2-3,8,10H2,1H3,(H,19,20)/t13-/m1/s1. The molecule has 1 amide bonds. The molecule has 25 heavy (non-hydrogen) atoms. The molecule has 3 aromatic heterocycles. The van der Waals surface area contributed by atoms with Crippen LogP contribution in [0.2, 0.25) is 0 Å². The van der Waals surface area contributed by atoms with Crippen molar-refractivity contribution in [1.29, 1.82) is 0 Å². The van der Waals surface area contributed by atoms with Crippen LogP contribution in [0, 0.1) is 6.92 Å². The molecule has 1 fully saturated rings. The fourth-order valence-corrected chi connectivity index (χ4v) is 3.34. The van der Waals surface area contributed by atoms with Crippen LogP contribution in [0.1, 0.15) is 40.6 Å². The summed E-state index contributed by atoms with van der Waals surface area (Å²) in [6.45, 7) is 3.05. The van der Waals surface area contributed by atoms with Crippen LogP contribution in [-0.4, -0.2) is 49.4 Å². The van der Waals surface area contributed by atoms with Gasteiger partial charge in [-0.1, -0.05) is 5.16 Å². The number of aromatic amines is 1. The first-order valence-corrected chi connectivity index (χ1v) is 8.26. The van der Waals surface area contributed by atoms with E-state index in [-0.39, 0.29) is 11.8 Å². The fourth-order valence-electron chi connectivity index (χ4n) is 3.34. The predicted molar refractivity (Wildman–Crippen MR) is 88.7 cm³/mol. The van der Waals surface area contributed by atoms with Crippen molar-refractivity contribution in [1.82, 2.24) is 30.4 Å². The van der Waals surface area contributed by atoms with Crippen LogP contribution in [-0.2, 0) is 0 Å². The van der Waals surface area contributed by atoms with Crippen LogP contribution in [0.3, 0.4) is 0 Å². The van der Waals surface area contributed by atoms with Crippen molar-refractivity contribution in [3.05, 3.63) is 47.8 Å². The summed E-state index contributed by atoms with van der Waals surface area (Å²) in [7, 11) is 0. The van der Waals surface area contributed by atoms with Gasteiger partial charge in [0, 0.05) is 42.7 Å². The normalized spacial score (nSPS) is 17.6. The van der Waals surface area contributed by atoms with Gasteiger partial charge in [-0.2, -0.15) is 5.10 Å². The minimum absolute atomic E-state index is 0.131. The number of piperidine rings is 1. The number of amides is 1. The number of rotatable bonds is 3. The molecule has 3 aromatic rings. The van der Waals surface area contributed by atoms with Crippen LogP contribution in [0.4, 0.5) is 0 Å². The first-order valence-electron chi connectivity index (χ1n) is 8.26. The maximum Gasteiger partial charge on any atom is 0.278 e. The quantitative estimate of drug-likeness (QED) is 0.785. The van der Waals surface area contributed by atoms with Gasteiger partial charge in [0.15, 0.2) is 5.69 Å². The first kappa shape index (κ1) is 15.5. The smallest absolute Gasteiger partial charge is 0.278 e. The second kappa shape index (κ2) is 6.46. The highest BCUT2D eigenvalue weighted by Crippen LogP contribution is 2.33. The second-order valence-electron chi connectivity index (χ2n) is 6.22. The van der Waals surface area contributed by atoms with Gasteiger partial charge in [0.1, 0.15) is 5.69 Å². The SMILES string of the molecule is Cc1nonc1C(=O)N1CCC[C@@H](c2[nH]ncc2-c2ccncc2)C1. The third kappa shape index (κ3) is 2.90. The molecule has 1 atom stereocenters. The lowest BCUT2D eigenvalue weighted by atomic mass is 9.90. The molecule has 8 nitrogen and oxygen atoms in total. The number of aryl methyl sites for hydroxylation is 1. The van der Waals surface area contributed by atoms with Crippen molar-refractivity contribution in [2.24, 2.45) is 0 Å². The molecule has 0 bridgehead atoms. The first-order chi connectivity index (χ1) is 12.2. The highest BCUT2D eigenvalue weighted by Gasteiger charge is 2.30. The second-order valence-corrected chi connectivity index (χ2v) is 6.22. The van der Waals surface area contributed by atoms with E-state index < -0.39 is 0 Å². The van der Waals surface area contributed by atoms with Crippen LogP contribution < -0.4 is 0 Å². The molecule has 0 aliphatic carbocycles. The van der Waals surface area contributed by atoms with E-state index in [9.17, 15) is 4.79 Å². The van der Waals surface area contributed by atoms with Gasteiger partial charge in [0.05, 0.1) is 6.20 Å². The Morgan fingerprint density at radius 1 is 1.32 bits per heavy atom. The molecule has 0 spiro atoms. The lowest BCUT2D eigenvalue weighted by Gasteiger charge is -2.32. The monoisotopic (exact) mass is 338 g/mol. The average Bonchev–Trinajstić information content (AvgIpc) is 3.31. The summed E-state index contributed by atoms with van der Waals surface area (Å²) in [6.07, 6.45) is 7.29. The zero-order chi connectivity index (χ0) is 17.2. The Balaban J connectivity index is 1.58. The number of pyridine rings is 1. The van der Waals surface area contributed by atoms with Crippen molar-refractivity contribution in [2.75, 3.05) is 13.1 Å². The molecule has 1 aliphatic heterocycles. The summed E-state index contributed by atoms with van der Waals surface area (Å²) >= 11 is 0. The number of likely N-dealkylation sites (tertiary alicyclic amines) is 1. The van der Waals surface area contributed by atoms with E-state index in [2.05, 4.69) is 30.1 Å². The summed E-state index contributed by atoms with van der Waals surface area (Å²) in [4.78, 5) is 18.6. The average molecular weight is 338 g/mol. The number of aromatic nitrogens is 5. The van der Waals surface area contributed by atoms with Gasteiger partial charge in [-0.3, -0.25) is 14.9 Å². The molecule has 4 heterocycles. The van der Waals surface area contributed by atoms with Crippen molar-refractivity contribution >= 4 is 5.91 Å². The molecule has 1 aliphatic rings.